The second-order valence-electron chi connectivity index (χ2n) is 8.40. The molecule has 2 fully saturated rings. The first-order valence-electron chi connectivity index (χ1n) is 10.4. The lowest BCUT2D eigenvalue weighted by Gasteiger charge is -2.44. The quantitative estimate of drug-likeness (QED) is 0.824. The molecule has 1 amide bonds. The minimum Gasteiger partial charge on any atom is -0.487 e. The van der Waals surface area contributed by atoms with Crippen molar-refractivity contribution in [3.8, 4) is 5.75 Å². The Kier molecular flexibility index (Phi) is 4.96. The third kappa shape index (κ3) is 3.36. The third-order valence-electron chi connectivity index (χ3n) is 6.89. The van der Waals surface area contributed by atoms with E-state index in [-0.39, 0.29) is 11.5 Å². The van der Waals surface area contributed by atoms with Crippen LogP contribution < -0.4 is 4.74 Å². The summed E-state index contributed by atoms with van der Waals surface area (Å²) in [4.78, 5) is 17.3. The van der Waals surface area contributed by atoms with Gasteiger partial charge in [-0.2, -0.15) is 0 Å². The van der Waals surface area contributed by atoms with Crippen molar-refractivity contribution in [3.05, 3.63) is 29.3 Å². The number of ether oxygens (including phenoxy) is 1. The fraction of sp³-hybridized carbons (Fsp3) is 0.682. The lowest BCUT2D eigenvalue weighted by Crippen LogP contribution is -2.49. The van der Waals surface area contributed by atoms with Gasteiger partial charge in [0.05, 0.1) is 0 Å². The predicted molar refractivity (Wildman–Crippen MR) is 104 cm³/mol. The van der Waals surface area contributed by atoms with Crippen molar-refractivity contribution in [1.29, 1.82) is 0 Å². The van der Waals surface area contributed by atoms with Crippen LogP contribution in [0.1, 0.15) is 67.8 Å². The topological polar surface area (TPSA) is 32.8 Å². The van der Waals surface area contributed by atoms with E-state index in [0.29, 0.717) is 6.04 Å². The number of carbonyl (C=O) groups is 1. The van der Waals surface area contributed by atoms with Crippen LogP contribution in [0.15, 0.2) is 18.2 Å². The zero-order valence-electron chi connectivity index (χ0n) is 16.3. The number of benzene rings is 1. The summed E-state index contributed by atoms with van der Waals surface area (Å²) in [6.45, 7) is 5.63. The highest BCUT2D eigenvalue weighted by Gasteiger charge is 2.39. The van der Waals surface area contributed by atoms with E-state index >= 15 is 0 Å². The van der Waals surface area contributed by atoms with Gasteiger partial charge in [-0.1, -0.05) is 19.8 Å². The molecule has 0 unspecified atom stereocenters. The van der Waals surface area contributed by atoms with Gasteiger partial charge in [-0.15, -0.1) is 0 Å². The molecule has 0 aromatic heterocycles. The van der Waals surface area contributed by atoms with Gasteiger partial charge in [0.15, 0.2) is 0 Å². The van der Waals surface area contributed by atoms with Crippen LogP contribution in [0.25, 0.3) is 0 Å². The van der Waals surface area contributed by atoms with Crippen LogP contribution in [-0.4, -0.2) is 54.0 Å². The van der Waals surface area contributed by atoms with Crippen LogP contribution in [0, 0.1) is 0 Å². The number of nitrogens with zero attached hydrogens (tertiary/aromatic N) is 2. The Balaban J connectivity index is 1.46. The molecule has 1 saturated carbocycles. The van der Waals surface area contributed by atoms with Crippen LogP contribution in [0.4, 0.5) is 0 Å². The molecular weight excluding hydrogens is 324 g/mol. The first-order chi connectivity index (χ1) is 12.6. The Bertz CT molecular complexity index is 658. The standard InChI is InChI=1S/C22H32N2O2/c1-3-24-14-12-22(13-15-24)11-10-17-16-18(8-9-20(17)26-22)21(25)23(2)19-6-4-5-7-19/h8-9,16,19H,3-7,10-15H2,1-2H3. The summed E-state index contributed by atoms with van der Waals surface area (Å²) in [5.41, 5.74) is 2.04. The second-order valence-corrected chi connectivity index (χ2v) is 8.40. The molecule has 0 atom stereocenters. The average Bonchev–Trinajstić information content (AvgIpc) is 3.22. The monoisotopic (exact) mass is 356 g/mol. The summed E-state index contributed by atoms with van der Waals surface area (Å²) in [5, 5.41) is 0. The van der Waals surface area contributed by atoms with E-state index in [1.807, 2.05) is 24.1 Å². The second kappa shape index (κ2) is 7.22. The number of amides is 1. The number of likely N-dealkylation sites (tertiary alicyclic amines) is 1. The molecule has 4 nitrogen and oxygen atoms in total. The number of aryl methyl sites for hydroxylation is 1. The van der Waals surface area contributed by atoms with Gasteiger partial charge in [0.25, 0.3) is 5.91 Å². The van der Waals surface area contributed by atoms with Crippen molar-refractivity contribution in [3.63, 3.8) is 0 Å². The highest BCUT2D eigenvalue weighted by Crippen LogP contribution is 2.39. The maximum atomic E-state index is 12.9. The highest BCUT2D eigenvalue weighted by molar-refractivity contribution is 5.94. The van der Waals surface area contributed by atoms with Crippen LogP contribution in [0.5, 0.6) is 5.75 Å². The molecule has 1 saturated heterocycles. The Morgan fingerprint density at radius 2 is 1.96 bits per heavy atom. The summed E-state index contributed by atoms with van der Waals surface area (Å²) in [6.07, 6.45) is 9.12. The first kappa shape index (κ1) is 17.8. The largest absolute Gasteiger partial charge is 0.487 e. The van der Waals surface area contributed by atoms with E-state index in [2.05, 4.69) is 17.9 Å². The molecule has 1 aromatic rings. The first-order valence-corrected chi connectivity index (χ1v) is 10.4. The SMILES string of the molecule is CCN1CCC2(CCc3cc(C(=O)N(C)C4CCCC4)ccc3O2)CC1. The average molecular weight is 357 g/mol. The molecule has 2 aliphatic heterocycles. The zero-order valence-corrected chi connectivity index (χ0v) is 16.3. The molecule has 3 aliphatic rings. The lowest BCUT2D eigenvalue weighted by molar-refractivity contribution is -0.0132. The summed E-state index contributed by atoms with van der Waals surface area (Å²) in [5.74, 6) is 1.16. The molecule has 142 valence electrons. The Morgan fingerprint density at radius 1 is 1.23 bits per heavy atom. The highest BCUT2D eigenvalue weighted by atomic mass is 16.5. The van der Waals surface area contributed by atoms with Gasteiger partial charge >= 0.3 is 0 Å². The van der Waals surface area contributed by atoms with E-state index in [9.17, 15) is 4.79 Å². The normalized spacial score (nSPS) is 22.8. The van der Waals surface area contributed by atoms with Crippen LogP contribution in [0.2, 0.25) is 0 Å². The van der Waals surface area contributed by atoms with Gasteiger partial charge in [-0.25, -0.2) is 0 Å². The van der Waals surface area contributed by atoms with Crippen LogP contribution in [-0.2, 0) is 6.42 Å². The molecule has 1 spiro atoms. The molecule has 0 radical (unpaired) electrons. The molecule has 2 heterocycles. The molecule has 1 aromatic carbocycles. The molecule has 4 rings (SSSR count). The number of piperidine rings is 1. The fourth-order valence-corrected chi connectivity index (χ4v) is 4.94. The number of fused-ring (bicyclic) bond motifs is 1. The van der Waals surface area contributed by atoms with Crippen molar-refractivity contribution in [1.82, 2.24) is 9.80 Å². The summed E-state index contributed by atoms with van der Waals surface area (Å²) >= 11 is 0. The van der Waals surface area contributed by atoms with Crippen molar-refractivity contribution in [2.75, 3.05) is 26.7 Å². The summed E-state index contributed by atoms with van der Waals surface area (Å²) < 4.78 is 6.50. The van der Waals surface area contributed by atoms with Gasteiger partial charge in [0.2, 0.25) is 0 Å². The minimum atomic E-state index is 0.0187. The maximum Gasteiger partial charge on any atom is 0.253 e. The van der Waals surface area contributed by atoms with E-state index in [0.717, 1.165) is 69.5 Å². The lowest BCUT2D eigenvalue weighted by atomic mass is 9.83. The summed E-state index contributed by atoms with van der Waals surface area (Å²) in [7, 11) is 1.96. The zero-order chi connectivity index (χ0) is 18.1. The molecule has 0 bridgehead atoms. The molecule has 26 heavy (non-hydrogen) atoms. The van der Waals surface area contributed by atoms with Gasteiger partial charge < -0.3 is 14.5 Å². The Morgan fingerprint density at radius 3 is 2.65 bits per heavy atom. The Hall–Kier alpha value is -1.55. The smallest absolute Gasteiger partial charge is 0.253 e. The van der Waals surface area contributed by atoms with Gasteiger partial charge in [0.1, 0.15) is 11.4 Å². The third-order valence-corrected chi connectivity index (χ3v) is 6.89. The van der Waals surface area contributed by atoms with E-state index in [1.54, 1.807) is 0 Å². The van der Waals surface area contributed by atoms with Gasteiger partial charge in [0, 0.05) is 31.7 Å². The van der Waals surface area contributed by atoms with Gasteiger partial charge in [-0.3, -0.25) is 4.79 Å². The molecule has 1 aliphatic carbocycles. The number of carbonyl (C=O) groups excluding carboxylic acids is 1. The summed E-state index contributed by atoms with van der Waals surface area (Å²) in [6, 6.07) is 6.50. The van der Waals surface area contributed by atoms with Crippen molar-refractivity contribution in [2.45, 2.75) is 69.9 Å². The van der Waals surface area contributed by atoms with Crippen LogP contribution in [0.3, 0.4) is 0 Å². The van der Waals surface area contributed by atoms with Gasteiger partial charge in [-0.05, 0) is 68.8 Å². The minimum absolute atomic E-state index is 0.0187. The van der Waals surface area contributed by atoms with E-state index in [4.69, 9.17) is 4.74 Å². The van der Waals surface area contributed by atoms with Crippen LogP contribution >= 0.6 is 0 Å². The fourth-order valence-electron chi connectivity index (χ4n) is 4.94. The van der Waals surface area contributed by atoms with Crippen molar-refractivity contribution < 1.29 is 9.53 Å². The van der Waals surface area contributed by atoms with E-state index in [1.165, 1.54) is 18.4 Å². The molecule has 4 heteroatoms. The number of hydrogen-bond donors (Lipinski definition) is 0. The molecular formula is C22H32N2O2. The number of hydrogen-bond acceptors (Lipinski definition) is 3. The molecule has 0 N–H and O–H groups in total. The van der Waals surface area contributed by atoms with Crippen molar-refractivity contribution in [2.24, 2.45) is 0 Å². The van der Waals surface area contributed by atoms with Crippen molar-refractivity contribution >= 4 is 5.91 Å². The number of rotatable bonds is 3. The maximum absolute atomic E-state index is 12.9. The Labute approximate surface area is 157 Å². The van der Waals surface area contributed by atoms with E-state index < -0.39 is 0 Å². The predicted octanol–water partition coefficient (Wildman–Crippen LogP) is 3.88.